The molecule has 0 spiro atoms. The van der Waals surface area contributed by atoms with Gasteiger partial charge in [0.25, 0.3) is 0 Å². The van der Waals surface area contributed by atoms with E-state index in [9.17, 15) is 9.90 Å². The van der Waals surface area contributed by atoms with E-state index in [-0.39, 0.29) is 11.8 Å². The van der Waals surface area contributed by atoms with Gasteiger partial charge in [-0.05, 0) is 31.2 Å². The van der Waals surface area contributed by atoms with Crippen LogP contribution in [0.3, 0.4) is 0 Å². The molecule has 0 saturated carbocycles. The van der Waals surface area contributed by atoms with Crippen LogP contribution in [0.25, 0.3) is 0 Å². The molecule has 0 aromatic carbocycles. The maximum Gasteiger partial charge on any atom is 0.346 e. The summed E-state index contributed by atoms with van der Waals surface area (Å²) in [6, 6.07) is 0. The molecule has 102 valence electrons. The summed E-state index contributed by atoms with van der Waals surface area (Å²) in [5.74, 6) is -0.481. The summed E-state index contributed by atoms with van der Waals surface area (Å²) in [5.41, 5.74) is -0.869. The second-order valence-corrected chi connectivity index (χ2v) is 6.16. The molecule has 1 N–H and O–H groups in total. The highest BCUT2D eigenvalue weighted by Gasteiger charge is 2.24. The topological polar surface area (TPSA) is 65.0 Å². The van der Waals surface area contributed by atoms with Crippen molar-refractivity contribution < 1.29 is 24.7 Å². The van der Waals surface area contributed by atoms with Crippen LogP contribution in [-0.2, 0) is 19.6 Å². The predicted octanol–water partition coefficient (Wildman–Crippen LogP) is 2.38. The third-order valence-corrected chi connectivity index (χ3v) is 1.85. The Kier molecular flexibility index (Phi) is 6.09. The highest BCUT2D eigenvalue weighted by atomic mass is 17.5. The Morgan fingerprint density at radius 3 is 2.18 bits per heavy atom. The maximum absolute atomic E-state index is 11.3. The monoisotopic (exact) mass is 248 g/mol. The maximum atomic E-state index is 11.3. The predicted molar refractivity (Wildman–Crippen MR) is 62.7 cm³/mol. The lowest BCUT2D eigenvalue weighted by atomic mass is 9.93. The number of aliphatic hydroxyl groups is 1. The van der Waals surface area contributed by atoms with E-state index in [2.05, 4.69) is 9.93 Å². The van der Waals surface area contributed by atoms with Crippen LogP contribution in [0.5, 0.6) is 0 Å². The van der Waals surface area contributed by atoms with Crippen LogP contribution >= 0.6 is 0 Å². The molecule has 0 aliphatic heterocycles. The van der Waals surface area contributed by atoms with Gasteiger partial charge in [-0.3, -0.25) is 4.89 Å². The van der Waals surface area contributed by atoms with Crippen molar-refractivity contribution in [2.24, 2.45) is 5.41 Å². The Balaban J connectivity index is 3.87. The van der Waals surface area contributed by atoms with Crippen LogP contribution < -0.4 is 0 Å². The molecule has 0 rings (SSSR count). The van der Waals surface area contributed by atoms with Gasteiger partial charge in [-0.15, -0.1) is 0 Å². The lowest BCUT2D eigenvalue weighted by Crippen LogP contribution is -2.29. The van der Waals surface area contributed by atoms with Crippen molar-refractivity contribution in [3.8, 4) is 0 Å². The molecule has 0 fully saturated rings. The minimum absolute atomic E-state index is 0.157. The van der Waals surface area contributed by atoms with Gasteiger partial charge in [0, 0.05) is 6.42 Å². The third kappa shape index (κ3) is 10.2. The minimum atomic E-state index is -0.712. The quantitative estimate of drug-likeness (QED) is 0.577. The first-order valence-electron chi connectivity index (χ1n) is 5.75. The van der Waals surface area contributed by atoms with E-state index in [4.69, 9.17) is 4.89 Å². The van der Waals surface area contributed by atoms with Crippen molar-refractivity contribution in [3.63, 3.8) is 0 Å². The van der Waals surface area contributed by atoms with Crippen molar-refractivity contribution in [3.05, 3.63) is 0 Å². The average Bonchev–Trinajstić information content (AvgIpc) is 1.95. The van der Waals surface area contributed by atoms with Crippen molar-refractivity contribution in [2.75, 3.05) is 0 Å². The molecule has 0 aliphatic carbocycles. The number of hydrogen-bond donors (Lipinski definition) is 1. The molecule has 0 aromatic rings. The SMILES string of the molecule is CC(O)CC(C)(C)OOOC(=O)CC(C)(C)C. The Morgan fingerprint density at radius 2 is 1.76 bits per heavy atom. The van der Waals surface area contributed by atoms with Crippen molar-refractivity contribution >= 4 is 5.97 Å². The molecule has 1 unspecified atom stereocenters. The van der Waals surface area contributed by atoms with Gasteiger partial charge in [-0.25, -0.2) is 4.79 Å². The van der Waals surface area contributed by atoms with E-state index in [1.54, 1.807) is 20.8 Å². The van der Waals surface area contributed by atoms with Crippen LogP contribution in [0.15, 0.2) is 0 Å². The molecule has 0 radical (unpaired) electrons. The minimum Gasteiger partial charge on any atom is -0.393 e. The van der Waals surface area contributed by atoms with Gasteiger partial charge < -0.3 is 5.11 Å². The zero-order chi connectivity index (χ0) is 13.7. The van der Waals surface area contributed by atoms with Crippen LogP contribution in [0.4, 0.5) is 0 Å². The second-order valence-electron chi connectivity index (χ2n) is 6.16. The lowest BCUT2D eigenvalue weighted by Gasteiger charge is -2.23. The lowest BCUT2D eigenvalue weighted by molar-refractivity contribution is -0.518. The Bertz CT molecular complexity index is 240. The molecule has 1 atom stereocenters. The highest BCUT2D eigenvalue weighted by molar-refractivity contribution is 5.69. The molecule has 0 aromatic heterocycles. The molecule has 0 saturated heterocycles. The number of carbonyl (C=O) groups excluding carboxylic acids is 1. The fourth-order valence-electron chi connectivity index (χ4n) is 1.35. The molecule has 17 heavy (non-hydrogen) atoms. The molecule has 5 nitrogen and oxygen atoms in total. The van der Waals surface area contributed by atoms with Crippen LogP contribution in [0.2, 0.25) is 0 Å². The number of aliphatic hydroxyl groups excluding tert-OH is 1. The van der Waals surface area contributed by atoms with Crippen LogP contribution in [-0.4, -0.2) is 22.8 Å². The van der Waals surface area contributed by atoms with Gasteiger partial charge in [0.1, 0.15) is 5.60 Å². The van der Waals surface area contributed by atoms with E-state index < -0.39 is 17.7 Å². The zero-order valence-corrected chi connectivity index (χ0v) is 11.6. The summed E-state index contributed by atoms with van der Waals surface area (Å²) in [7, 11) is 0. The number of carbonyl (C=O) groups is 1. The van der Waals surface area contributed by atoms with Crippen LogP contribution in [0, 0.1) is 5.41 Å². The first kappa shape index (κ1) is 16.4. The first-order chi connectivity index (χ1) is 7.52. The largest absolute Gasteiger partial charge is 0.393 e. The third-order valence-electron chi connectivity index (χ3n) is 1.85. The first-order valence-corrected chi connectivity index (χ1v) is 5.75. The Morgan fingerprint density at radius 1 is 1.24 bits per heavy atom. The molecule has 0 amide bonds. The normalized spacial score (nSPS) is 14.5. The van der Waals surface area contributed by atoms with E-state index >= 15 is 0 Å². The van der Waals surface area contributed by atoms with Crippen molar-refractivity contribution in [1.82, 2.24) is 0 Å². The molecule has 0 heterocycles. The van der Waals surface area contributed by atoms with E-state index in [0.717, 1.165) is 0 Å². The molecule has 0 aliphatic rings. The summed E-state index contributed by atoms with van der Waals surface area (Å²) >= 11 is 0. The number of hydrogen-bond acceptors (Lipinski definition) is 5. The molecule has 0 bridgehead atoms. The summed E-state index contributed by atoms with van der Waals surface area (Å²) < 4.78 is 0. The van der Waals surface area contributed by atoms with Gasteiger partial charge in [0.05, 0.1) is 12.5 Å². The Hall–Kier alpha value is -0.650. The molecular weight excluding hydrogens is 224 g/mol. The van der Waals surface area contributed by atoms with E-state index in [1.165, 1.54) is 0 Å². The fourth-order valence-corrected chi connectivity index (χ4v) is 1.35. The molecular formula is C12H24O5. The molecule has 5 heteroatoms. The van der Waals surface area contributed by atoms with Gasteiger partial charge >= 0.3 is 5.97 Å². The van der Waals surface area contributed by atoms with E-state index in [0.29, 0.717) is 6.42 Å². The van der Waals surface area contributed by atoms with Crippen molar-refractivity contribution in [2.45, 2.75) is 66.1 Å². The Labute approximate surface area is 103 Å². The summed E-state index contributed by atoms with van der Waals surface area (Å²) in [6.45, 7) is 10.9. The fraction of sp³-hybridized carbons (Fsp3) is 0.917. The standard InChI is InChI=1S/C12H24O5/c1-9(13)7-12(5,6)16-17-15-10(14)8-11(2,3)4/h9,13H,7-8H2,1-6H3. The summed E-state index contributed by atoms with van der Waals surface area (Å²) in [5, 5.41) is 13.7. The van der Waals surface area contributed by atoms with Crippen LogP contribution in [0.1, 0.15) is 54.4 Å². The van der Waals surface area contributed by atoms with Gasteiger partial charge in [-0.2, -0.15) is 4.89 Å². The highest BCUT2D eigenvalue weighted by Crippen LogP contribution is 2.20. The average molecular weight is 248 g/mol. The van der Waals surface area contributed by atoms with Gasteiger partial charge in [0.2, 0.25) is 0 Å². The van der Waals surface area contributed by atoms with E-state index in [1.807, 2.05) is 20.8 Å². The second kappa shape index (κ2) is 6.33. The summed E-state index contributed by atoms with van der Waals surface area (Å²) in [4.78, 5) is 20.7. The van der Waals surface area contributed by atoms with Gasteiger partial charge in [-0.1, -0.05) is 20.8 Å². The summed E-state index contributed by atoms with van der Waals surface area (Å²) in [6.07, 6.45) is 0.107. The number of rotatable bonds is 6. The van der Waals surface area contributed by atoms with Gasteiger partial charge in [0.15, 0.2) is 0 Å². The smallest absolute Gasteiger partial charge is 0.346 e. The zero-order valence-electron chi connectivity index (χ0n) is 11.6. The van der Waals surface area contributed by atoms with Crippen molar-refractivity contribution in [1.29, 1.82) is 0 Å².